The van der Waals surface area contributed by atoms with Crippen molar-refractivity contribution < 1.29 is 19.1 Å². The van der Waals surface area contributed by atoms with Gasteiger partial charge in [0.05, 0.1) is 0 Å². The molecule has 0 heterocycles. The Labute approximate surface area is 215 Å². The van der Waals surface area contributed by atoms with E-state index in [2.05, 4.69) is 27.7 Å². The van der Waals surface area contributed by atoms with Crippen LogP contribution >= 0.6 is 0 Å². The molecule has 0 saturated carbocycles. The second kappa shape index (κ2) is 20.4. The van der Waals surface area contributed by atoms with Gasteiger partial charge in [-0.1, -0.05) is 111 Å². The molecule has 0 fully saturated rings. The van der Waals surface area contributed by atoms with Gasteiger partial charge < -0.3 is 9.47 Å². The van der Waals surface area contributed by atoms with Crippen molar-refractivity contribution in [2.75, 3.05) is 0 Å². The van der Waals surface area contributed by atoms with Crippen molar-refractivity contribution in [3.05, 3.63) is 23.8 Å². The maximum absolute atomic E-state index is 12.5. The average molecular weight is 489 g/mol. The summed E-state index contributed by atoms with van der Waals surface area (Å²) in [6.45, 7) is 8.83. The van der Waals surface area contributed by atoms with Gasteiger partial charge in [-0.3, -0.25) is 9.59 Å². The van der Waals surface area contributed by atoms with Crippen molar-refractivity contribution in [3.8, 4) is 11.5 Å². The first kappa shape index (κ1) is 31.2. The maximum atomic E-state index is 12.5. The van der Waals surface area contributed by atoms with E-state index in [0.717, 1.165) is 44.1 Å². The minimum atomic E-state index is -0.252. The summed E-state index contributed by atoms with van der Waals surface area (Å²) >= 11 is 0. The zero-order chi connectivity index (χ0) is 25.7. The molecule has 0 spiro atoms. The lowest BCUT2D eigenvalue weighted by molar-refractivity contribution is -0.137. The van der Waals surface area contributed by atoms with Crippen molar-refractivity contribution in [2.24, 2.45) is 5.92 Å². The first-order valence-corrected chi connectivity index (χ1v) is 14.5. The van der Waals surface area contributed by atoms with E-state index < -0.39 is 0 Å². The fourth-order valence-corrected chi connectivity index (χ4v) is 4.13. The molecule has 4 nitrogen and oxygen atoms in total. The number of hydrogen-bond acceptors (Lipinski definition) is 4. The molecule has 0 aliphatic carbocycles. The predicted octanol–water partition coefficient (Wildman–Crippen LogP) is 9.37. The standard InChI is InChI=1S/C31H52O4/c1-5-7-9-11-13-15-17-19-30(32)34-28-24-23-27(22-21-26(3)4)25-29(28)35-31(33)20-18-16-14-12-10-8-6-2/h23-26H,5-22H2,1-4H3. The van der Waals surface area contributed by atoms with Crippen LogP contribution in [0.3, 0.4) is 0 Å². The summed E-state index contributed by atoms with van der Waals surface area (Å²) < 4.78 is 11.3. The first-order valence-electron chi connectivity index (χ1n) is 14.5. The smallest absolute Gasteiger partial charge is 0.311 e. The van der Waals surface area contributed by atoms with Crippen molar-refractivity contribution in [2.45, 2.75) is 143 Å². The molecule has 35 heavy (non-hydrogen) atoms. The molecule has 0 N–H and O–H groups in total. The highest BCUT2D eigenvalue weighted by atomic mass is 16.6. The molecule has 0 unspecified atom stereocenters. The molecule has 0 aliphatic rings. The van der Waals surface area contributed by atoms with Gasteiger partial charge in [0.25, 0.3) is 0 Å². The minimum Gasteiger partial charge on any atom is -0.423 e. The molecule has 1 aromatic carbocycles. The van der Waals surface area contributed by atoms with E-state index in [-0.39, 0.29) is 11.9 Å². The van der Waals surface area contributed by atoms with Crippen LogP contribution in [-0.2, 0) is 16.0 Å². The second-order valence-corrected chi connectivity index (χ2v) is 10.4. The van der Waals surface area contributed by atoms with Gasteiger partial charge in [0.1, 0.15) is 0 Å². The Morgan fingerprint density at radius 1 is 0.657 bits per heavy atom. The Morgan fingerprint density at radius 2 is 1.11 bits per heavy atom. The van der Waals surface area contributed by atoms with Crippen molar-refractivity contribution in [1.82, 2.24) is 0 Å². The van der Waals surface area contributed by atoms with Crippen LogP contribution < -0.4 is 9.47 Å². The van der Waals surface area contributed by atoms with Crippen LogP contribution in [0.2, 0.25) is 0 Å². The number of aryl methyl sites for hydroxylation is 1. The van der Waals surface area contributed by atoms with E-state index in [9.17, 15) is 9.59 Å². The summed E-state index contributed by atoms with van der Waals surface area (Å²) in [6, 6.07) is 5.64. The van der Waals surface area contributed by atoms with Crippen LogP contribution in [0.4, 0.5) is 0 Å². The van der Waals surface area contributed by atoms with Gasteiger partial charge >= 0.3 is 11.9 Å². The molecule has 4 heteroatoms. The van der Waals surface area contributed by atoms with Gasteiger partial charge in [-0.2, -0.15) is 0 Å². The predicted molar refractivity (Wildman–Crippen MR) is 146 cm³/mol. The van der Waals surface area contributed by atoms with E-state index in [1.165, 1.54) is 64.2 Å². The number of ether oxygens (including phenoxy) is 2. The van der Waals surface area contributed by atoms with Crippen molar-refractivity contribution in [1.29, 1.82) is 0 Å². The molecule has 1 rings (SSSR count). The molecule has 0 saturated heterocycles. The monoisotopic (exact) mass is 488 g/mol. The van der Waals surface area contributed by atoms with Crippen LogP contribution in [-0.4, -0.2) is 11.9 Å². The van der Waals surface area contributed by atoms with Crippen LogP contribution in [0, 0.1) is 5.92 Å². The van der Waals surface area contributed by atoms with E-state index in [0.29, 0.717) is 30.3 Å². The molecule has 0 radical (unpaired) electrons. The van der Waals surface area contributed by atoms with Gasteiger partial charge in [0, 0.05) is 12.8 Å². The first-order chi connectivity index (χ1) is 17.0. The molecule has 200 valence electrons. The van der Waals surface area contributed by atoms with Gasteiger partial charge in [-0.15, -0.1) is 0 Å². The minimum absolute atomic E-state index is 0.246. The number of carbonyl (C=O) groups excluding carboxylic acids is 2. The number of esters is 2. The summed E-state index contributed by atoms with van der Waals surface area (Å²) in [5, 5.41) is 0. The molecule has 0 bridgehead atoms. The topological polar surface area (TPSA) is 52.6 Å². The van der Waals surface area contributed by atoms with Crippen LogP contribution in [0.25, 0.3) is 0 Å². The Bertz CT molecular complexity index is 695. The lowest BCUT2D eigenvalue weighted by Gasteiger charge is -2.13. The summed E-state index contributed by atoms with van der Waals surface area (Å²) in [5.41, 5.74) is 1.10. The van der Waals surface area contributed by atoms with E-state index >= 15 is 0 Å². The number of carbonyl (C=O) groups is 2. The summed E-state index contributed by atoms with van der Waals surface area (Å²) in [7, 11) is 0. The number of benzene rings is 1. The quantitative estimate of drug-likeness (QED) is 0.0982. The number of rotatable bonds is 21. The van der Waals surface area contributed by atoms with Crippen molar-refractivity contribution >= 4 is 11.9 Å². The van der Waals surface area contributed by atoms with Gasteiger partial charge in [-0.05, 0) is 49.3 Å². The molecular formula is C31H52O4. The maximum Gasteiger partial charge on any atom is 0.311 e. The Kier molecular flexibility index (Phi) is 18.1. The number of unbranched alkanes of at least 4 members (excludes halogenated alkanes) is 12. The molecule has 0 aromatic heterocycles. The van der Waals surface area contributed by atoms with Gasteiger partial charge in [-0.25, -0.2) is 0 Å². The zero-order valence-electron chi connectivity index (χ0n) is 23.2. The van der Waals surface area contributed by atoms with E-state index in [4.69, 9.17) is 9.47 Å². The van der Waals surface area contributed by atoms with E-state index in [1.54, 1.807) is 6.07 Å². The van der Waals surface area contributed by atoms with Crippen molar-refractivity contribution in [3.63, 3.8) is 0 Å². The highest BCUT2D eigenvalue weighted by molar-refractivity contribution is 5.76. The van der Waals surface area contributed by atoms with Crippen LogP contribution in [0.1, 0.15) is 142 Å². The third kappa shape index (κ3) is 16.5. The molecule has 1 aromatic rings. The van der Waals surface area contributed by atoms with Crippen LogP contribution in [0.5, 0.6) is 11.5 Å². The Morgan fingerprint density at radius 3 is 1.60 bits per heavy atom. The molecule has 0 amide bonds. The molecule has 0 atom stereocenters. The summed E-state index contributed by atoms with van der Waals surface area (Å²) in [5.74, 6) is 0.839. The highest BCUT2D eigenvalue weighted by Gasteiger charge is 2.15. The summed E-state index contributed by atoms with van der Waals surface area (Å²) in [4.78, 5) is 25.0. The van der Waals surface area contributed by atoms with Gasteiger partial charge in [0.2, 0.25) is 0 Å². The molecular weight excluding hydrogens is 436 g/mol. The summed E-state index contributed by atoms with van der Waals surface area (Å²) in [6.07, 6.45) is 19.0. The third-order valence-electron chi connectivity index (χ3n) is 6.43. The Hall–Kier alpha value is -1.84. The SMILES string of the molecule is CCCCCCCCCC(=O)Oc1ccc(CCC(C)C)cc1OC(=O)CCCCCCCCC. The fraction of sp³-hybridized carbons (Fsp3) is 0.742. The normalized spacial score (nSPS) is 11.1. The zero-order valence-corrected chi connectivity index (χ0v) is 23.2. The lowest BCUT2D eigenvalue weighted by atomic mass is 10.0. The number of hydrogen-bond donors (Lipinski definition) is 0. The van der Waals surface area contributed by atoms with Crippen LogP contribution in [0.15, 0.2) is 18.2 Å². The third-order valence-corrected chi connectivity index (χ3v) is 6.43. The fourth-order valence-electron chi connectivity index (χ4n) is 4.13. The largest absolute Gasteiger partial charge is 0.423 e. The van der Waals surface area contributed by atoms with E-state index in [1.807, 2.05) is 12.1 Å². The average Bonchev–Trinajstić information content (AvgIpc) is 2.83. The highest BCUT2D eigenvalue weighted by Crippen LogP contribution is 2.30. The second-order valence-electron chi connectivity index (χ2n) is 10.4. The van der Waals surface area contributed by atoms with Gasteiger partial charge in [0.15, 0.2) is 11.5 Å². The Balaban J connectivity index is 2.58. The lowest BCUT2D eigenvalue weighted by Crippen LogP contribution is -2.12. The molecule has 0 aliphatic heterocycles.